The predicted molar refractivity (Wildman–Crippen MR) is 143 cm³/mol. The van der Waals surface area contributed by atoms with E-state index in [0.29, 0.717) is 5.92 Å². The van der Waals surface area contributed by atoms with E-state index in [1.54, 1.807) is 0 Å². The molecule has 3 aromatic rings. The van der Waals surface area contributed by atoms with Crippen LogP contribution in [0.2, 0.25) is 0 Å². The summed E-state index contributed by atoms with van der Waals surface area (Å²) in [4.78, 5) is 0. The third-order valence-electron chi connectivity index (χ3n) is 5.35. The Morgan fingerprint density at radius 3 is 1.87 bits per heavy atom. The first-order valence-corrected chi connectivity index (χ1v) is 13.4. The van der Waals surface area contributed by atoms with Crippen LogP contribution in [0.5, 0.6) is 0 Å². The van der Waals surface area contributed by atoms with Crippen molar-refractivity contribution in [2.45, 2.75) is 34.6 Å². The van der Waals surface area contributed by atoms with E-state index in [4.69, 9.17) is 0 Å². The summed E-state index contributed by atoms with van der Waals surface area (Å²) in [6, 6.07) is 21.5. The van der Waals surface area contributed by atoms with Gasteiger partial charge in [-0.2, -0.15) is 11.1 Å². The van der Waals surface area contributed by atoms with Gasteiger partial charge >= 0.3 is 30.2 Å². The van der Waals surface area contributed by atoms with Gasteiger partial charge in [-0.15, -0.1) is 78.4 Å². The van der Waals surface area contributed by atoms with Crippen molar-refractivity contribution in [3.05, 3.63) is 104 Å². The van der Waals surface area contributed by atoms with E-state index < -0.39 is 0 Å². The monoisotopic (exact) mass is 546 g/mol. The zero-order chi connectivity index (χ0) is 20.0. The molecule has 1 unspecified atom stereocenters. The van der Waals surface area contributed by atoms with Gasteiger partial charge in [0.05, 0.1) is 0 Å². The van der Waals surface area contributed by atoms with Crippen molar-refractivity contribution < 1.29 is 23.3 Å². The summed E-state index contributed by atoms with van der Waals surface area (Å²) in [5.41, 5.74) is 8.26. The van der Waals surface area contributed by atoms with Gasteiger partial charge in [0, 0.05) is 0 Å². The van der Waals surface area contributed by atoms with Crippen LogP contribution in [0.1, 0.15) is 33.3 Å². The topological polar surface area (TPSA) is 0 Å². The molecule has 1 aliphatic rings. The van der Waals surface area contributed by atoms with Crippen LogP contribution >= 0.6 is 24.8 Å². The molecule has 0 aromatic heterocycles. The molecule has 4 heteroatoms. The van der Waals surface area contributed by atoms with Crippen molar-refractivity contribution in [2.75, 3.05) is 0 Å². The summed E-state index contributed by atoms with van der Waals surface area (Å²) in [5.74, 6) is 0.560. The molecule has 0 heterocycles. The van der Waals surface area contributed by atoms with Crippen LogP contribution in [0.15, 0.2) is 77.4 Å². The molecule has 31 heavy (non-hydrogen) atoms. The van der Waals surface area contributed by atoms with Crippen LogP contribution in [0.4, 0.5) is 0 Å². The molecule has 4 rings (SSSR count). The molecule has 0 N–H and O–H groups in total. The second-order valence-electron chi connectivity index (χ2n) is 6.95. The van der Waals surface area contributed by atoms with E-state index in [9.17, 15) is 0 Å². The zero-order valence-electron chi connectivity index (χ0n) is 19.7. The van der Waals surface area contributed by atoms with Crippen LogP contribution in [0.3, 0.4) is 0 Å². The third-order valence-corrected chi connectivity index (χ3v) is 5.35. The van der Waals surface area contributed by atoms with Crippen molar-refractivity contribution in [3.63, 3.8) is 0 Å². The number of fused-ring (bicyclic) bond motifs is 1. The number of hydrogen-bond donors (Lipinski definition) is 0. The van der Waals surface area contributed by atoms with Crippen LogP contribution < -0.4 is 0 Å². The standard InChI is InChI=1S/C16H13.C9H13.2CH3.2ClH.Si.Zr/c1-12-6-2-4-8-14(12)16-11-10-13-7-3-5-9-15(13)16;1-6-5-7(2)9(4)8(6)3;;;;;;/h2-11H,1H3;6H,1-4H3;2*1H3;2*1H;;/q4*-1;;;;. The normalized spacial score (nSPS) is 13.5. The molecule has 0 fully saturated rings. The molecule has 2 radical (unpaired) electrons. The molecule has 0 bridgehead atoms. The molecule has 168 valence electrons. The summed E-state index contributed by atoms with van der Waals surface area (Å²) in [5, 5.41) is 2.66. The van der Waals surface area contributed by atoms with E-state index in [2.05, 4.69) is 108 Å². The molecule has 1 aliphatic carbocycles. The quantitative estimate of drug-likeness (QED) is 0.211. The van der Waals surface area contributed by atoms with Gasteiger partial charge in [0.2, 0.25) is 0 Å². The third kappa shape index (κ3) is 8.58. The van der Waals surface area contributed by atoms with Crippen molar-refractivity contribution in [3.8, 4) is 11.1 Å². The minimum absolute atomic E-state index is 0. The van der Waals surface area contributed by atoms with Gasteiger partial charge < -0.3 is 14.9 Å². The fourth-order valence-electron chi connectivity index (χ4n) is 3.42. The average Bonchev–Trinajstić information content (AvgIpc) is 3.21. The van der Waals surface area contributed by atoms with E-state index in [-0.39, 0.29) is 39.7 Å². The van der Waals surface area contributed by atoms with E-state index in [1.807, 2.05) is 0 Å². The van der Waals surface area contributed by atoms with Crippen LogP contribution in [0.25, 0.3) is 21.9 Å². The number of benzene rings is 2. The van der Waals surface area contributed by atoms with E-state index in [1.165, 1.54) is 67.5 Å². The first-order valence-electron chi connectivity index (χ1n) is 9.22. The maximum atomic E-state index is 3.36. The van der Waals surface area contributed by atoms with Crippen LogP contribution in [0, 0.1) is 33.8 Å². The SMILES string of the molecule is CC1=[C-]C(C)C(C)=C1C.Cc1ccccc1-c1c[cH-]c2ccccc12.Cl.Cl.[CH3-].[CH3-].[Si]=[Zr]. The fraction of sp³-hybridized carbons (Fsp3) is 0.222. The Morgan fingerprint density at radius 1 is 0.839 bits per heavy atom. The molecular formula is C27H34Cl2SiZr-4. The second-order valence-corrected chi connectivity index (χ2v) is 6.95. The summed E-state index contributed by atoms with van der Waals surface area (Å²) < 4.78 is 0. The Hall–Kier alpha value is -0.790. The summed E-state index contributed by atoms with van der Waals surface area (Å²) in [6.45, 7) is 13.9. The Labute approximate surface area is 220 Å². The van der Waals surface area contributed by atoms with E-state index in [0.717, 1.165) is 0 Å². The van der Waals surface area contributed by atoms with Crippen molar-refractivity contribution in [2.24, 2.45) is 5.92 Å². The molecular weight excluding hydrogens is 515 g/mol. The number of aryl methyl sites for hydroxylation is 1. The molecule has 0 nitrogen and oxygen atoms in total. The van der Waals surface area contributed by atoms with Gasteiger partial charge in [-0.1, -0.05) is 68.1 Å². The maximum absolute atomic E-state index is 3.36. The van der Waals surface area contributed by atoms with Gasteiger partial charge in [-0.05, 0) is 6.92 Å². The molecule has 0 saturated heterocycles. The molecule has 1 atom stereocenters. The van der Waals surface area contributed by atoms with Gasteiger partial charge in [0.15, 0.2) is 0 Å². The molecule has 0 aliphatic heterocycles. The Bertz CT molecular complexity index is 986. The first kappa shape index (κ1) is 34.8. The number of allylic oxidation sites excluding steroid dienone is 4. The molecule has 3 aromatic carbocycles. The second kappa shape index (κ2) is 16.8. The van der Waals surface area contributed by atoms with Gasteiger partial charge in [-0.25, -0.2) is 5.57 Å². The van der Waals surface area contributed by atoms with Crippen molar-refractivity contribution >= 4 is 42.5 Å². The number of hydrogen-bond acceptors (Lipinski definition) is 0. The first-order chi connectivity index (χ1) is 13.0. The Kier molecular flexibility index (Phi) is 18.9. The van der Waals surface area contributed by atoms with Crippen LogP contribution in [-0.2, 0) is 23.3 Å². The average molecular weight is 549 g/mol. The summed E-state index contributed by atoms with van der Waals surface area (Å²) >= 11 is 1.36. The van der Waals surface area contributed by atoms with Crippen molar-refractivity contribution in [1.29, 1.82) is 0 Å². The Balaban J connectivity index is -0.000000460. The number of rotatable bonds is 1. The van der Waals surface area contributed by atoms with Crippen LogP contribution in [-0.4, -0.2) is 6.88 Å². The van der Waals surface area contributed by atoms with Gasteiger partial charge in [-0.3, -0.25) is 6.08 Å². The zero-order valence-corrected chi connectivity index (χ0v) is 24.8. The van der Waals surface area contributed by atoms with Crippen molar-refractivity contribution in [1.82, 2.24) is 0 Å². The fourth-order valence-corrected chi connectivity index (χ4v) is 3.42. The summed E-state index contributed by atoms with van der Waals surface area (Å²) in [7, 11) is 0. The Morgan fingerprint density at radius 2 is 1.39 bits per heavy atom. The predicted octanol–water partition coefficient (Wildman–Crippen LogP) is 8.62. The molecule has 0 amide bonds. The summed E-state index contributed by atoms with van der Waals surface area (Å²) in [6.07, 6.45) is 3.36. The number of halogens is 2. The molecule has 0 saturated carbocycles. The van der Waals surface area contributed by atoms with E-state index >= 15 is 0 Å². The molecule has 0 spiro atoms. The van der Waals surface area contributed by atoms with Gasteiger partial charge in [0.25, 0.3) is 0 Å². The minimum atomic E-state index is 0. The van der Waals surface area contributed by atoms with Gasteiger partial charge in [0.1, 0.15) is 0 Å².